The minimum absolute atomic E-state index is 0.0120. The summed E-state index contributed by atoms with van der Waals surface area (Å²) in [6.07, 6.45) is 0. The molecule has 4 aromatic carbocycles. The summed E-state index contributed by atoms with van der Waals surface area (Å²) >= 11 is 0. The number of carbonyl (C=O) groups is 2. The first kappa shape index (κ1) is 33.8. The van der Waals surface area contributed by atoms with Crippen molar-refractivity contribution in [2.45, 2.75) is 23.6 Å². The molecule has 16 nitrogen and oxygen atoms in total. The molecule has 254 valence electrons. The third kappa shape index (κ3) is 6.76. The van der Waals surface area contributed by atoms with Crippen LogP contribution in [0.25, 0.3) is 11.1 Å². The molecule has 2 heterocycles. The molecular formula is C32H26N8O8S2. The van der Waals surface area contributed by atoms with Gasteiger partial charge in [0.15, 0.2) is 11.4 Å². The summed E-state index contributed by atoms with van der Waals surface area (Å²) in [6, 6.07) is 24.2. The smallest absolute Gasteiger partial charge is 0.282 e. The molecule has 6 rings (SSSR count). The van der Waals surface area contributed by atoms with Crippen molar-refractivity contribution in [2.24, 2.45) is 20.4 Å². The van der Waals surface area contributed by atoms with Gasteiger partial charge in [0, 0.05) is 11.1 Å². The van der Waals surface area contributed by atoms with E-state index in [-0.39, 0.29) is 45.3 Å². The zero-order valence-corrected chi connectivity index (χ0v) is 27.7. The Morgan fingerprint density at radius 2 is 0.940 bits per heavy atom. The van der Waals surface area contributed by atoms with E-state index in [9.17, 15) is 35.5 Å². The van der Waals surface area contributed by atoms with E-state index in [1.165, 1.54) is 24.3 Å². The molecule has 0 radical (unpaired) electrons. The van der Waals surface area contributed by atoms with E-state index in [4.69, 9.17) is 0 Å². The molecule has 4 N–H and O–H groups in total. The predicted octanol–water partition coefficient (Wildman–Crippen LogP) is 4.23. The van der Waals surface area contributed by atoms with E-state index in [0.29, 0.717) is 11.4 Å². The maximum absolute atomic E-state index is 13.0. The molecule has 2 amide bonds. The van der Waals surface area contributed by atoms with Crippen molar-refractivity contribution >= 4 is 77.6 Å². The van der Waals surface area contributed by atoms with Crippen molar-refractivity contribution in [3.8, 4) is 11.1 Å². The largest absolute Gasteiger partial charge is 0.301 e. The number of hydrazone groups is 4. The van der Waals surface area contributed by atoms with Gasteiger partial charge in [-0.05, 0) is 62.4 Å². The lowest BCUT2D eigenvalue weighted by molar-refractivity contribution is -0.112. The predicted molar refractivity (Wildman–Crippen MR) is 188 cm³/mol. The standard InChI is InChI=1S/C32H26N8O8S2/c1-19-29(31(41)39(37-19)23-9-5-3-6-10-23)35-33-21-13-15-25(27(17-21)49(43,44)45)26-16-14-22(18-28(26)50(46,47)48)34-36-30-20(2)38-40(32(30)42)24-11-7-4-8-12-24/h3-18,33-34H,1-2H3,(H,43,44,45)(H,46,47,48). The molecule has 0 saturated carbocycles. The number of nitrogens with zero attached hydrogens (tertiary/aromatic N) is 6. The summed E-state index contributed by atoms with van der Waals surface area (Å²) in [7, 11) is -10.00. The molecule has 0 aromatic heterocycles. The maximum atomic E-state index is 13.0. The fourth-order valence-electron chi connectivity index (χ4n) is 5.04. The number of benzene rings is 4. The van der Waals surface area contributed by atoms with Gasteiger partial charge in [-0.15, -0.1) is 0 Å². The average Bonchev–Trinajstić information content (AvgIpc) is 3.54. The van der Waals surface area contributed by atoms with Crippen molar-refractivity contribution < 1.29 is 35.5 Å². The molecule has 0 fully saturated rings. The quantitative estimate of drug-likeness (QED) is 0.143. The molecule has 0 bridgehead atoms. The van der Waals surface area contributed by atoms with Crippen LogP contribution in [-0.4, -0.2) is 60.6 Å². The number of hydrogen-bond donors (Lipinski definition) is 4. The van der Waals surface area contributed by atoms with Crippen molar-refractivity contribution in [3.05, 3.63) is 97.1 Å². The summed E-state index contributed by atoms with van der Waals surface area (Å²) in [4.78, 5) is 24.5. The van der Waals surface area contributed by atoms with Crippen molar-refractivity contribution in [2.75, 3.05) is 20.9 Å². The Labute approximate surface area is 285 Å². The van der Waals surface area contributed by atoms with Crippen molar-refractivity contribution in [1.82, 2.24) is 0 Å². The summed E-state index contributed by atoms with van der Waals surface area (Å²) in [5, 5.41) is 18.9. The topological polar surface area (TPSA) is 223 Å². The van der Waals surface area contributed by atoms with E-state index < -0.39 is 41.8 Å². The highest BCUT2D eigenvalue weighted by atomic mass is 32.2. The van der Waals surface area contributed by atoms with Crippen LogP contribution in [0.1, 0.15) is 13.8 Å². The zero-order valence-electron chi connectivity index (χ0n) is 26.1. The number of anilines is 4. The van der Waals surface area contributed by atoms with Crippen LogP contribution in [0.4, 0.5) is 22.7 Å². The fraction of sp³-hybridized carbons (Fsp3) is 0.0625. The lowest BCUT2D eigenvalue weighted by atomic mass is 10.0. The molecule has 0 spiro atoms. The van der Waals surface area contributed by atoms with Gasteiger partial charge in [0.05, 0.1) is 34.2 Å². The molecule has 0 atom stereocenters. The molecule has 50 heavy (non-hydrogen) atoms. The molecule has 2 aliphatic heterocycles. The number of nitrogens with one attached hydrogen (secondary N) is 2. The van der Waals surface area contributed by atoms with Crippen LogP contribution in [0, 0.1) is 0 Å². The molecule has 0 saturated heterocycles. The Hall–Kier alpha value is -6.08. The second-order valence-corrected chi connectivity index (χ2v) is 13.6. The van der Waals surface area contributed by atoms with E-state index in [2.05, 4.69) is 31.3 Å². The third-order valence-corrected chi connectivity index (χ3v) is 9.17. The summed E-state index contributed by atoms with van der Waals surface area (Å²) in [6.45, 7) is 3.13. The molecule has 0 aliphatic carbocycles. The molecule has 2 aliphatic rings. The highest BCUT2D eigenvalue weighted by molar-refractivity contribution is 7.86. The van der Waals surface area contributed by atoms with Gasteiger partial charge in [-0.1, -0.05) is 48.5 Å². The van der Waals surface area contributed by atoms with Gasteiger partial charge in [-0.2, -0.15) is 47.3 Å². The summed E-state index contributed by atoms with van der Waals surface area (Å²) in [5.74, 6) is -1.09. The van der Waals surface area contributed by atoms with Gasteiger partial charge in [0.25, 0.3) is 20.2 Å². The normalized spacial score (nSPS) is 16.6. The number of hydrogen-bond acceptors (Lipinski definition) is 12. The second kappa shape index (κ2) is 13.1. The summed E-state index contributed by atoms with van der Waals surface area (Å²) in [5.41, 5.74) is 6.08. The number of carbonyl (C=O) groups excluding carboxylic acids is 2. The van der Waals surface area contributed by atoms with E-state index in [1.807, 2.05) is 0 Å². The minimum Gasteiger partial charge on any atom is -0.282 e. The van der Waals surface area contributed by atoms with Crippen LogP contribution < -0.4 is 20.9 Å². The van der Waals surface area contributed by atoms with Crippen LogP contribution in [0.3, 0.4) is 0 Å². The average molecular weight is 715 g/mol. The fourth-order valence-corrected chi connectivity index (χ4v) is 6.50. The van der Waals surface area contributed by atoms with Crippen LogP contribution in [0.15, 0.2) is 127 Å². The van der Waals surface area contributed by atoms with Gasteiger partial charge in [-0.25, -0.2) is 0 Å². The van der Waals surface area contributed by atoms with Crippen LogP contribution in [0.2, 0.25) is 0 Å². The third-order valence-electron chi connectivity index (χ3n) is 7.38. The molecule has 18 heteroatoms. The van der Waals surface area contributed by atoms with Gasteiger partial charge in [-0.3, -0.25) is 29.5 Å². The Morgan fingerprint density at radius 1 is 0.580 bits per heavy atom. The van der Waals surface area contributed by atoms with Gasteiger partial charge in [0.1, 0.15) is 9.79 Å². The van der Waals surface area contributed by atoms with Crippen LogP contribution in [-0.2, 0) is 29.8 Å². The van der Waals surface area contributed by atoms with E-state index in [0.717, 1.165) is 22.2 Å². The first-order valence-electron chi connectivity index (χ1n) is 14.5. The molecule has 4 aromatic rings. The monoisotopic (exact) mass is 714 g/mol. The number of amides is 2. The van der Waals surface area contributed by atoms with Gasteiger partial charge < -0.3 is 0 Å². The Morgan fingerprint density at radius 3 is 1.28 bits per heavy atom. The molecular weight excluding hydrogens is 689 g/mol. The van der Waals surface area contributed by atoms with Crippen LogP contribution >= 0.6 is 0 Å². The Balaban J connectivity index is 1.29. The summed E-state index contributed by atoms with van der Waals surface area (Å²) < 4.78 is 70.4. The van der Waals surface area contributed by atoms with Gasteiger partial charge >= 0.3 is 11.8 Å². The first-order valence-corrected chi connectivity index (χ1v) is 17.4. The van der Waals surface area contributed by atoms with Gasteiger partial charge in [0.2, 0.25) is 0 Å². The van der Waals surface area contributed by atoms with E-state index >= 15 is 0 Å². The lowest BCUT2D eigenvalue weighted by Crippen LogP contribution is -2.27. The van der Waals surface area contributed by atoms with E-state index in [1.54, 1.807) is 74.5 Å². The lowest BCUT2D eigenvalue weighted by Gasteiger charge is -2.14. The number of para-hydroxylation sites is 2. The SMILES string of the molecule is CC1=NN(c2ccccc2)C(=O)C1=NNc1ccc(-c2ccc(NN=C3C(=O)N(c4ccccc4)N=C3C)cc2S(=O)(=O)O)c(S(=O)(=O)O)c1. The first-order chi connectivity index (χ1) is 23.7. The minimum atomic E-state index is -5.00. The highest BCUT2D eigenvalue weighted by Gasteiger charge is 2.32. The molecule has 0 unspecified atom stereocenters. The number of rotatable bonds is 9. The van der Waals surface area contributed by atoms with Crippen LogP contribution in [0.5, 0.6) is 0 Å². The Bertz CT molecular complexity index is 2230. The maximum Gasteiger partial charge on any atom is 0.301 e. The van der Waals surface area contributed by atoms with Crippen molar-refractivity contribution in [3.63, 3.8) is 0 Å². The zero-order chi connectivity index (χ0) is 35.8. The highest BCUT2D eigenvalue weighted by Crippen LogP contribution is 2.36. The van der Waals surface area contributed by atoms with Crippen molar-refractivity contribution in [1.29, 1.82) is 0 Å². The second-order valence-electron chi connectivity index (χ2n) is 10.8. The Kier molecular flexibility index (Phi) is 8.85.